The van der Waals surface area contributed by atoms with Gasteiger partial charge in [0.05, 0.1) is 17.9 Å². The summed E-state index contributed by atoms with van der Waals surface area (Å²) in [5, 5.41) is 3.11. The summed E-state index contributed by atoms with van der Waals surface area (Å²) in [6.45, 7) is 4.87. The zero-order valence-electron chi connectivity index (χ0n) is 15.5. The highest BCUT2D eigenvalue weighted by Gasteiger charge is 2.15. The molecule has 0 fully saturated rings. The maximum atomic E-state index is 12.5. The first-order valence-electron chi connectivity index (χ1n) is 8.81. The van der Waals surface area contributed by atoms with E-state index in [4.69, 9.17) is 4.74 Å². The molecule has 26 heavy (non-hydrogen) atoms. The zero-order valence-corrected chi connectivity index (χ0v) is 15.5. The fraction of sp³-hybridized carbons (Fsp3) is 0.350. The van der Waals surface area contributed by atoms with Crippen LogP contribution >= 0.6 is 0 Å². The number of esters is 1. The van der Waals surface area contributed by atoms with Gasteiger partial charge in [-0.05, 0) is 37.6 Å². The number of hydrogen-bond acceptors (Lipinski definition) is 5. The number of anilines is 2. The van der Waals surface area contributed by atoms with Crippen molar-refractivity contribution in [1.29, 1.82) is 0 Å². The lowest BCUT2D eigenvalue weighted by atomic mass is 10.1. The van der Waals surface area contributed by atoms with Crippen molar-refractivity contribution < 1.29 is 14.3 Å². The first kappa shape index (κ1) is 19.4. The Morgan fingerprint density at radius 3 is 2.69 bits per heavy atom. The number of hydrogen-bond donors (Lipinski definition) is 1. The largest absolute Gasteiger partial charge is 0.462 e. The van der Waals surface area contributed by atoms with Crippen molar-refractivity contribution in [3.63, 3.8) is 0 Å². The lowest BCUT2D eigenvalue weighted by Gasteiger charge is -2.17. The summed E-state index contributed by atoms with van der Waals surface area (Å²) in [5.74, 6) is 0.0428. The topological polar surface area (TPSA) is 71.5 Å². The Kier molecular flexibility index (Phi) is 7.14. The number of para-hydroxylation sites is 1. The predicted octanol–water partition coefficient (Wildman–Crippen LogP) is 3.87. The molecule has 1 amide bonds. The van der Waals surface area contributed by atoms with Crippen molar-refractivity contribution in [3.05, 3.63) is 53.7 Å². The van der Waals surface area contributed by atoms with E-state index in [1.165, 1.54) is 0 Å². The molecular weight excluding hydrogens is 330 g/mol. The summed E-state index contributed by atoms with van der Waals surface area (Å²) in [6.07, 6.45) is 3.58. The summed E-state index contributed by atoms with van der Waals surface area (Å²) in [4.78, 5) is 30.5. The van der Waals surface area contributed by atoms with Gasteiger partial charge in [0.15, 0.2) is 0 Å². The van der Waals surface area contributed by atoms with Crippen molar-refractivity contribution in [2.24, 2.45) is 0 Å². The molecule has 0 saturated carbocycles. The van der Waals surface area contributed by atoms with E-state index in [-0.39, 0.29) is 5.91 Å². The molecule has 0 spiro atoms. The van der Waals surface area contributed by atoms with Crippen LogP contribution in [-0.4, -0.2) is 42.0 Å². The summed E-state index contributed by atoms with van der Waals surface area (Å²) < 4.78 is 5.08. The fourth-order valence-corrected chi connectivity index (χ4v) is 2.47. The quantitative estimate of drug-likeness (QED) is 0.728. The molecular formula is C20H25N3O3. The fourth-order valence-electron chi connectivity index (χ4n) is 2.47. The minimum atomic E-state index is -0.401. The normalized spacial score (nSPS) is 10.3. The lowest BCUT2D eigenvalue weighted by molar-refractivity contribution is 0.0527. The third kappa shape index (κ3) is 5.05. The standard InChI is InChI=1S/C20H25N3O3/c1-4-6-13-23(3)19(24)15-11-12-21-18(14-15)22-17-10-8-7-9-16(17)20(25)26-5-2/h7-12,14H,4-6,13H2,1-3H3,(H,21,22). The number of nitrogens with one attached hydrogen (secondary N) is 1. The van der Waals surface area contributed by atoms with Gasteiger partial charge in [-0.2, -0.15) is 0 Å². The number of carbonyl (C=O) groups is 2. The summed E-state index contributed by atoms with van der Waals surface area (Å²) in [6, 6.07) is 10.4. The summed E-state index contributed by atoms with van der Waals surface area (Å²) in [7, 11) is 1.79. The second kappa shape index (κ2) is 9.56. The van der Waals surface area contributed by atoms with E-state index in [1.54, 1.807) is 55.4 Å². The van der Waals surface area contributed by atoms with Gasteiger partial charge in [0, 0.05) is 25.4 Å². The highest BCUT2D eigenvalue weighted by molar-refractivity contribution is 5.97. The zero-order chi connectivity index (χ0) is 18.9. The number of rotatable bonds is 8. The van der Waals surface area contributed by atoms with Crippen LogP contribution in [0.25, 0.3) is 0 Å². The number of pyridine rings is 1. The van der Waals surface area contributed by atoms with Gasteiger partial charge in [0.25, 0.3) is 5.91 Å². The van der Waals surface area contributed by atoms with E-state index >= 15 is 0 Å². The van der Waals surface area contributed by atoms with Crippen LogP contribution in [0.1, 0.15) is 47.4 Å². The number of carbonyl (C=O) groups excluding carboxylic acids is 2. The third-order valence-electron chi connectivity index (χ3n) is 3.89. The second-order valence-corrected chi connectivity index (χ2v) is 5.90. The Morgan fingerprint density at radius 2 is 1.96 bits per heavy atom. The van der Waals surface area contributed by atoms with Gasteiger partial charge < -0.3 is 15.0 Å². The van der Waals surface area contributed by atoms with E-state index in [9.17, 15) is 9.59 Å². The molecule has 1 aromatic carbocycles. The number of ether oxygens (including phenoxy) is 1. The van der Waals surface area contributed by atoms with Crippen LogP contribution in [0.15, 0.2) is 42.6 Å². The first-order chi connectivity index (χ1) is 12.6. The third-order valence-corrected chi connectivity index (χ3v) is 3.89. The molecule has 0 radical (unpaired) electrons. The minimum Gasteiger partial charge on any atom is -0.462 e. The minimum absolute atomic E-state index is 0.0532. The van der Waals surface area contributed by atoms with E-state index in [0.29, 0.717) is 35.8 Å². The molecule has 6 heteroatoms. The summed E-state index contributed by atoms with van der Waals surface area (Å²) >= 11 is 0. The average molecular weight is 355 g/mol. The van der Waals surface area contributed by atoms with Crippen molar-refractivity contribution >= 4 is 23.4 Å². The average Bonchev–Trinajstić information content (AvgIpc) is 2.66. The van der Waals surface area contributed by atoms with E-state index in [2.05, 4.69) is 17.2 Å². The molecule has 0 aliphatic rings. The molecule has 6 nitrogen and oxygen atoms in total. The Bertz CT molecular complexity index is 761. The van der Waals surface area contributed by atoms with Gasteiger partial charge in [-0.25, -0.2) is 9.78 Å². The number of amides is 1. The van der Waals surface area contributed by atoms with Crippen molar-refractivity contribution in [2.45, 2.75) is 26.7 Å². The molecule has 138 valence electrons. The highest BCUT2D eigenvalue weighted by atomic mass is 16.5. The molecule has 0 aliphatic carbocycles. The number of unbranched alkanes of at least 4 members (excludes halogenated alkanes) is 1. The van der Waals surface area contributed by atoms with Gasteiger partial charge in [-0.3, -0.25) is 4.79 Å². The smallest absolute Gasteiger partial charge is 0.340 e. The maximum absolute atomic E-state index is 12.5. The SMILES string of the molecule is CCCCN(C)C(=O)c1ccnc(Nc2ccccc2C(=O)OCC)c1. The van der Waals surface area contributed by atoms with Gasteiger partial charge in [0.2, 0.25) is 0 Å². The highest BCUT2D eigenvalue weighted by Crippen LogP contribution is 2.21. The maximum Gasteiger partial charge on any atom is 0.340 e. The molecule has 0 bridgehead atoms. The molecule has 1 N–H and O–H groups in total. The molecule has 0 saturated heterocycles. The van der Waals surface area contributed by atoms with Crippen LogP contribution in [0, 0.1) is 0 Å². The molecule has 2 rings (SSSR count). The van der Waals surface area contributed by atoms with Crippen LogP contribution < -0.4 is 5.32 Å². The van der Waals surface area contributed by atoms with Crippen LogP contribution in [0.5, 0.6) is 0 Å². The Labute approximate surface area is 154 Å². The van der Waals surface area contributed by atoms with Gasteiger partial charge in [-0.1, -0.05) is 25.5 Å². The van der Waals surface area contributed by atoms with E-state index in [0.717, 1.165) is 12.8 Å². The van der Waals surface area contributed by atoms with Gasteiger partial charge >= 0.3 is 5.97 Å². The number of nitrogens with zero attached hydrogens (tertiary/aromatic N) is 2. The monoisotopic (exact) mass is 355 g/mol. The van der Waals surface area contributed by atoms with Gasteiger partial charge in [-0.15, -0.1) is 0 Å². The number of benzene rings is 1. The molecule has 1 aromatic heterocycles. The molecule has 0 aliphatic heterocycles. The second-order valence-electron chi connectivity index (χ2n) is 5.90. The molecule has 1 heterocycles. The molecule has 0 unspecified atom stereocenters. The Balaban J connectivity index is 2.19. The first-order valence-corrected chi connectivity index (χ1v) is 8.81. The molecule has 2 aromatic rings. The van der Waals surface area contributed by atoms with E-state index < -0.39 is 5.97 Å². The van der Waals surface area contributed by atoms with Crippen molar-refractivity contribution in [3.8, 4) is 0 Å². The van der Waals surface area contributed by atoms with Crippen LogP contribution in [0.2, 0.25) is 0 Å². The van der Waals surface area contributed by atoms with Crippen LogP contribution in [0.3, 0.4) is 0 Å². The van der Waals surface area contributed by atoms with Crippen LogP contribution in [-0.2, 0) is 4.74 Å². The van der Waals surface area contributed by atoms with Crippen molar-refractivity contribution in [2.75, 3.05) is 25.5 Å². The lowest BCUT2D eigenvalue weighted by Crippen LogP contribution is -2.27. The Morgan fingerprint density at radius 1 is 1.19 bits per heavy atom. The number of aromatic nitrogens is 1. The van der Waals surface area contributed by atoms with Gasteiger partial charge in [0.1, 0.15) is 5.82 Å². The van der Waals surface area contributed by atoms with Crippen LogP contribution in [0.4, 0.5) is 11.5 Å². The Hall–Kier alpha value is -2.89. The van der Waals surface area contributed by atoms with Crippen molar-refractivity contribution in [1.82, 2.24) is 9.88 Å². The van der Waals surface area contributed by atoms with E-state index in [1.807, 2.05) is 6.07 Å². The molecule has 0 atom stereocenters. The summed E-state index contributed by atoms with van der Waals surface area (Å²) in [5.41, 5.74) is 1.56. The predicted molar refractivity (Wildman–Crippen MR) is 102 cm³/mol.